The summed E-state index contributed by atoms with van der Waals surface area (Å²) in [6.07, 6.45) is 0. The van der Waals surface area contributed by atoms with Gasteiger partial charge in [-0.3, -0.25) is 0 Å². The van der Waals surface area contributed by atoms with Crippen LogP contribution >= 0.6 is 0 Å². The molecule has 5 heterocycles. The van der Waals surface area contributed by atoms with Crippen LogP contribution in [0.1, 0.15) is 0 Å². The predicted molar refractivity (Wildman–Crippen MR) is 310 cm³/mol. The Labute approximate surface area is 434 Å². The van der Waals surface area contributed by atoms with Gasteiger partial charge in [0.15, 0.2) is 17.5 Å². The lowest BCUT2D eigenvalue weighted by Gasteiger charge is -2.10. The molecular weight excluding hydrogens is 931 g/mol. The topological polar surface area (TPSA) is 74.8 Å². The maximum Gasteiger partial charge on any atom is 0.164 e. The van der Waals surface area contributed by atoms with Crippen LogP contribution in [0.2, 0.25) is 0 Å². The zero-order valence-electron chi connectivity index (χ0n) is 40.7. The minimum Gasteiger partial charge on any atom is -0.456 e. The van der Waals surface area contributed by atoms with E-state index in [9.17, 15) is 0 Å². The van der Waals surface area contributed by atoms with Gasteiger partial charge < -0.3 is 18.0 Å². The normalized spacial score (nSPS) is 11.9. The van der Waals surface area contributed by atoms with Gasteiger partial charge in [0.1, 0.15) is 22.3 Å². The second kappa shape index (κ2) is 16.6. The predicted octanol–water partition coefficient (Wildman–Crippen LogP) is 18.2. The van der Waals surface area contributed by atoms with Gasteiger partial charge in [0.05, 0.1) is 22.1 Å². The third-order valence-corrected chi connectivity index (χ3v) is 15.2. The number of para-hydroxylation sites is 3. The van der Waals surface area contributed by atoms with Crippen molar-refractivity contribution < 1.29 is 8.83 Å². The lowest BCUT2D eigenvalue weighted by Crippen LogP contribution is -2.00. The molecule has 0 atom stereocenters. The first-order valence-corrected chi connectivity index (χ1v) is 25.6. The van der Waals surface area contributed by atoms with E-state index in [0.717, 1.165) is 105 Å². The summed E-state index contributed by atoms with van der Waals surface area (Å²) in [5, 5.41) is 8.83. The zero-order valence-corrected chi connectivity index (χ0v) is 40.7. The average molecular weight is 972 g/mol. The first-order chi connectivity index (χ1) is 37.6. The Bertz CT molecular complexity index is 4940. The molecule has 5 aromatic heterocycles. The van der Waals surface area contributed by atoms with Gasteiger partial charge in [0.25, 0.3) is 0 Å². The maximum absolute atomic E-state index is 6.63. The minimum atomic E-state index is 0.542. The zero-order chi connectivity index (χ0) is 49.8. The molecule has 0 fully saturated rings. The van der Waals surface area contributed by atoms with E-state index in [2.05, 4.69) is 215 Å². The van der Waals surface area contributed by atoms with Crippen LogP contribution in [0.15, 0.2) is 258 Å². The summed E-state index contributed by atoms with van der Waals surface area (Å²) in [4.78, 5) is 15.7. The van der Waals surface area contributed by atoms with Crippen molar-refractivity contribution in [3.05, 3.63) is 249 Å². The van der Waals surface area contributed by atoms with Crippen molar-refractivity contribution in [1.82, 2.24) is 24.1 Å². The molecule has 16 rings (SSSR count). The summed E-state index contributed by atoms with van der Waals surface area (Å²) < 4.78 is 18.0. The molecule has 354 valence electrons. The summed E-state index contributed by atoms with van der Waals surface area (Å²) in [7, 11) is 0. The van der Waals surface area contributed by atoms with E-state index in [4.69, 9.17) is 23.8 Å². The van der Waals surface area contributed by atoms with Gasteiger partial charge in [-0.05, 0) is 113 Å². The molecule has 16 aromatic rings. The third kappa shape index (κ3) is 6.59. The van der Waals surface area contributed by atoms with Gasteiger partial charge >= 0.3 is 0 Å². The second-order valence-corrected chi connectivity index (χ2v) is 19.5. The Morgan fingerprint density at radius 1 is 0.250 bits per heavy atom. The number of hydrogen-bond acceptors (Lipinski definition) is 5. The van der Waals surface area contributed by atoms with Crippen molar-refractivity contribution in [3.8, 4) is 67.8 Å². The minimum absolute atomic E-state index is 0.542. The molecule has 0 N–H and O–H groups in total. The van der Waals surface area contributed by atoms with Crippen molar-refractivity contribution >= 4 is 87.5 Å². The largest absolute Gasteiger partial charge is 0.456 e. The van der Waals surface area contributed by atoms with E-state index in [1.54, 1.807) is 0 Å². The molecule has 0 radical (unpaired) electrons. The Morgan fingerprint density at radius 3 is 1.58 bits per heavy atom. The summed E-state index contributed by atoms with van der Waals surface area (Å²) >= 11 is 0. The quantitative estimate of drug-likeness (QED) is 0.159. The van der Waals surface area contributed by atoms with Gasteiger partial charge in [-0.2, -0.15) is 0 Å². The Hall–Kier alpha value is -10.4. The monoisotopic (exact) mass is 971 g/mol. The van der Waals surface area contributed by atoms with Crippen LogP contribution in [0.25, 0.3) is 155 Å². The first kappa shape index (κ1) is 42.2. The molecule has 7 nitrogen and oxygen atoms in total. The van der Waals surface area contributed by atoms with Gasteiger partial charge in [0, 0.05) is 71.2 Å². The molecule has 0 saturated carbocycles. The number of fused-ring (bicyclic) bond motifs is 12. The summed E-state index contributed by atoms with van der Waals surface area (Å²) in [5.74, 6) is 1.66. The number of furan rings is 2. The van der Waals surface area contributed by atoms with Crippen LogP contribution in [0.4, 0.5) is 0 Å². The molecule has 0 spiro atoms. The molecule has 0 aliphatic rings. The number of rotatable bonds is 7. The Morgan fingerprint density at radius 2 is 0.789 bits per heavy atom. The lowest BCUT2D eigenvalue weighted by atomic mass is 9.99. The number of nitrogens with zero attached hydrogens (tertiary/aromatic N) is 5. The summed E-state index contributed by atoms with van der Waals surface area (Å²) in [6.45, 7) is 0. The average Bonchev–Trinajstić information content (AvgIpc) is 4.28. The number of benzene rings is 11. The van der Waals surface area contributed by atoms with Gasteiger partial charge in [0.2, 0.25) is 0 Å². The highest BCUT2D eigenvalue weighted by Gasteiger charge is 2.21. The van der Waals surface area contributed by atoms with Crippen molar-refractivity contribution in [2.75, 3.05) is 0 Å². The molecule has 11 aromatic carbocycles. The van der Waals surface area contributed by atoms with E-state index in [-0.39, 0.29) is 0 Å². The van der Waals surface area contributed by atoms with Crippen molar-refractivity contribution in [3.63, 3.8) is 0 Å². The number of hydrogen-bond donors (Lipinski definition) is 0. The van der Waals surface area contributed by atoms with E-state index in [1.807, 2.05) is 42.5 Å². The highest BCUT2D eigenvalue weighted by Crippen LogP contribution is 2.42. The van der Waals surface area contributed by atoms with Crippen LogP contribution in [0, 0.1) is 0 Å². The molecule has 76 heavy (non-hydrogen) atoms. The standard InChI is InChI=1S/C69H41N5O2/c1-4-15-42(16-5-1)44-29-34-60-55(37-44)52-32-27-46(39-61(52)73(60)48-19-8-3-9-20-48)45-30-35-63-57(38-45)66-54(23-14-26-64(66)75-63)69-71-67(43-17-6-2-7-18-43)70-68(72-69)47-28-33-53-56-41-49(31-36-62(56)76-65(53)40-47)74-58-24-12-10-21-50(58)51-22-11-13-25-59(51)74/h1-41H. The molecular formula is C69H41N5O2. The number of aromatic nitrogens is 5. The van der Waals surface area contributed by atoms with Crippen LogP contribution in [0.3, 0.4) is 0 Å². The van der Waals surface area contributed by atoms with E-state index < -0.39 is 0 Å². The van der Waals surface area contributed by atoms with Crippen molar-refractivity contribution in [2.45, 2.75) is 0 Å². The Kier molecular flexibility index (Phi) is 9.20. The fraction of sp³-hybridized carbons (Fsp3) is 0. The highest BCUT2D eigenvalue weighted by atomic mass is 16.3. The van der Waals surface area contributed by atoms with Gasteiger partial charge in [-0.1, -0.05) is 158 Å². The van der Waals surface area contributed by atoms with Crippen molar-refractivity contribution in [1.29, 1.82) is 0 Å². The fourth-order valence-corrected chi connectivity index (χ4v) is 11.6. The van der Waals surface area contributed by atoms with Crippen LogP contribution in [-0.2, 0) is 0 Å². The first-order valence-electron chi connectivity index (χ1n) is 25.6. The summed E-state index contributed by atoms with van der Waals surface area (Å²) in [6, 6.07) is 87.5. The van der Waals surface area contributed by atoms with Crippen LogP contribution in [-0.4, -0.2) is 24.1 Å². The maximum atomic E-state index is 6.63. The van der Waals surface area contributed by atoms with E-state index in [0.29, 0.717) is 17.5 Å². The lowest BCUT2D eigenvalue weighted by molar-refractivity contribution is 0.668. The van der Waals surface area contributed by atoms with Crippen LogP contribution < -0.4 is 0 Å². The van der Waals surface area contributed by atoms with Crippen molar-refractivity contribution in [2.24, 2.45) is 0 Å². The molecule has 0 amide bonds. The molecule has 0 saturated heterocycles. The highest BCUT2D eigenvalue weighted by molar-refractivity contribution is 6.15. The van der Waals surface area contributed by atoms with Crippen LogP contribution in [0.5, 0.6) is 0 Å². The second-order valence-electron chi connectivity index (χ2n) is 19.5. The van der Waals surface area contributed by atoms with E-state index >= 15 is 0 Å². The molecule has 0 unspecified atom stereocenters. The molecule has 7 heteroatoms. The Balaban J connectivity index is 0.827. The van der Waals surface area contributed by atoms with Gasteiger partial charge in [-0.25, -0.2) is 15.0 Å². The molecule has 0 aliphatic carbocycles. The molecule has 0 aliphatic heterocycles. The van der Waals surface area contributed by atoms with E-state index in [1.165, 1.54) is 32.7 Å². The SMILES string of the molecule is c1ccc(-c2ccc3c(c2)c2ccc(-c4ccc5oc6cccc(-c7nc(-c8ccccc8)nc(-c8ccc9c(c8)oc8ccc(-n%10c%11ccccc%11c%11ccccc%11%10)cc89)n7)c6c5c4)cc2n3-c2ccccc2)cc1. The third-order valence-electron chi connectivity index (χ3n) is 15.2. The van der Waals surface area contributed by atoms with Gasteiger partial charge in [-0.15, -0.1) is 0 Å². The summed E-state index contributed by atoms with van der Waals surface area (Å²) in [5.41, 5.74) is 17.0. The smallest absolute Gasteiger partial charge is 0.164 e. The fourth-order valence-electron chi connectivity index (χ4n) is 11.6. The molecule has 0 bridgehead atoms.